The van der Waals surface area contributed by atoms with Crippen LogP contribution in [0, 0.1) is 6.92 Å². The molecule has 5 nitrogen and oxygen atoms in total. The highest BCUT2D eigenvalue weighted by Crippen LogP contribution is 2.14. The summed E-state index contributed by atoms with van der Waals surface area (Å²) in [5, 5.41) is 10.7. The van der Waals surface area contributed by atoms with Crippen LogP contribution in [0.4, 0.5) is 5.69 Å². The normalized spacial score (nSPS) is 10.6. The third-order valence-corrected chi connectivity index (χ3v) is 2.86. The number of hydrogen-bond acceptors (Lipinski definition) is 4. The molecule has 0 aliphatic carbocycles. The molecule has 20 heavy (non-hydrogen) atoms. The Bertz CT molecular complexity index is 576. The molecule has 2 heterocycles. The summed E-state index contributed by atoms with van der Waals surface area (Å²) >= 11 is 0. The third kappa shape index (κ3) is 3.85. The van der Waals surface area contributed by atoms with Crippen LogP contribution in [0.25, 0.3) is 0 Å². The zero-order valence-corrected chi connectivity index (χ0v) is 11.9. The lowest BCUT2D eigenvalue weighted by molar-refractivity contribution is -0.115. The first-order valence-corrected chi connectivity index (χ1v) is 6.59. The van der Waals surface area contributed by atoms with Gasteiger partial charge < -0.3 is 5.32 Å². The van der Waals surface area contributed by atoms with Gasteiger partial charge in [0, 0.05) is 5.69 Å². The van der Waals surface area contributed by atoms with Gasteiger partial charge in [-0.1, -0.05) is 13.8 Å². The summed E-state index contributed by atoms with van der Waals surface area (Å²) in [6, 6.07) is 7.43. The minimum absolute atomic E-state index is 0.123. The van der Waals surface area contributed by atoms with E-state index in [9.17, 15) is 4.79 Å². The molecule has 0 bridgehead atoms. The van der Waals surface area contributed by atoms with Crippen LogP contribution in [0.2, 0.25) is 0 Å². The first-order valence-electron chi connectivity index (χ1n) is 6.59. The van der Waals surface area contributed by atoms with E-state index in [1.165, 1.54) is 0 Å². The van der Waals surface area contributed by atoms with Crippen LogP contribution >= 0.6 is 0 Å². The molecule has 0 fully saturated rings. The number of anilines is 1. The van der Waals surface area contributed by atoms with Gasteiger partial charge in [-0.2, -0.15) is 10.2 Å². The maximum Gasteiger partial charge on any atom is 0.230 e. The van der Waals surface area contributed by atoms with Crippen LogP contribution in [-0.2, 0) is 11.2 Å². The average molecular weight is 270 g/mol. The largest absolute Gasteiger partial charge is 0.324 e. The van der Waals surface area contributed by atoms with E-state index >= 15 is 0 Å². The Labute approximate surface area is 118 Å². The summed E-state index contributed by atoms with van der Waals surface area (Å²) < 4.78 is 0. The molecule has 2 aromatic heterocycles. The standard InChI is InChI=1S/C15H18N4O/c1-10(2)14-7-6-13(9-16-14)17-15(20)8-12-5-4-11(3)18-19-12/h4-7,9-10H,8H2,1-3H3,(H,17,20). The zero-order valence-electron chi connectivity index (χ0n) is 11.9. The van der Waals surface area contributed by atoms with Crippen molar-refractivity contribution in [2.75, 3.05) is 5.32 Å². The van der Waals surface area contributed by atoms with E-state index in [0.29, 0.717) is 17.3 Å². The second-order valence-corrected chi connectivity index (χ2v) is 5.02. The quantitative estimate of drug-likeness (QED) is 0.926. The Balaban J connectivity index is 1.95. The molecule has 0 atom stereocenters. The Morgan fingerprint density at radius 1 is 1.20 bits per heavy atom. The third-order valence-electron chi connectivity index (χ3n) is 2.86. The molecule has 5 heteroatoms. The number of carbonyl (C=O) groups is 1. The zero-order chi connectivity index (χ0) is 14.5. The fourth-order valence-corrected chi connectivity index (χ4v) is 1.71. The van der Waals surface area contributed by atoms with Gasteiger partial charge in [0.1, 0.15) is 0 Å². The smallest absolute Gasteiger partial charge is 0.230 e. The fraction of sp³-hybridized carbons (Fsp3) is 0.333. The monoisotopic (exact) mass is 270 g/mol. The summed E-state index contributed by atoms with van der Waals surface area (Å²) in [6.07, 6.45) is 1.88. The molecule has 0 unspecified atom stereocenters. The van der Waals surface area contributed by atoms with Crippen LogP contribution in [0.1, 0.15) is 36.8 Å². The van der Waals surface area contributed by atoms with Crippen LogP contribution in [-0.4, -0.2) is 21.1 Å². The summed E-state index contributed by atoms with van der Waals surface area (Å²) in [6.45, 7) is 6.02. The minimum atomic E-state index is -0.123. The van der Waals surface area contributed by atoms with Gasteiger partial charge in [-0.3, -0.25) is 9.78 Å². The summed E-state index contributed by atoms with van der Waals surface area (Å²) in [7, 11) is 0. The first kappa shape index (κ1) is 14.1. The van der Waals surface area contributed by atoms with E-state index in [2.05, 4.69) is 34.3 Å². The highest BCUT2D eigenvalue weighted by Gasteiger charge is 2.07. The highest BCUT2D eigenvalue weighted by molar-refractivity contribution is 5.91. The van der Waals surface area contributed by atoms with Crippen molar-refractivity contribution in [1.82, 2.24) is 15.2 Å². The molecule has 104 valence electrons. The average Bonchev–Trinajstić information content (AvgIpc) is 2.42. The first-order chi connectivity index (χ1) is 9.54. The molecule has 0 saturated heterocycles. The molecule has 0 aliphatic heterocycles. The van der Waals surface area contributed by atoms with Gasteiger partial charge in [0.25, 0.3) is 0 Å². The molecule has 0 saturated carbocycles. The number of aryl methyl sites for hydroxylation is 1. The van der Waals surface area contributed by atoms with Crippen molar-refractivity contribution in [3.8, 4) is 0 Å². The van der Waals surface area contributed by atoms with E-state index in [4.69, 9.17) is 0 Å². The van der Waals surface area contributed by atoms with E-state index in [-0.39, 0.29) is 12.3 Å². The van der Waals surface area contributed by atoms with Crippen molar-refractivity contribution in [2.24, 2.45) is 0 Å². The number of nitrogens with one attached hydrogen (secondary N) is 1. The van der Waals surface area contributed by atoms with Crippen LogP contribution in [0.15, 0.2) is 30.5 Å². The van der Waals surface area contributed by atoms with Gasteiger partial charge in [-0.15, -0.1) is 0 Å². The Hall–Kier alpha value is -2.30. The SMILES string of the molecule is Cc1ccc(CC(=O)Nc2ccc(C(C)C)nc2)nn1. The topological polar surface area (TPSA) is 67.8 Å². The molecule has 2 rings (SSSR count). The molecule has 0 aromatic carbocycles. The van der Waals surface area contributed by atoms with Crippen molar-refractivity contribution >= 4 is 11.6 Å². The number of amides is 1. The van der Waals surface area contributed by atoms with Gasteiger partial charge in [-0.05, 0) is 37.1 Å². The van der Waals surface area contributed by atoms with E-state index < -0.39 is 0 Å². The maximum absolute atomic E-state index is 11.9. The molecule has 0 aliphatic rings. The second kappa shape index (κ2) is 6.23. The Morgan fingerprint density at radius 3 is 2.55 bits per heavy atom. The Morgan fingerprint density at radius 2 is 2.00 bits per heavy atom. The lowest BCUT2D eigenvalue weighted by Crippen LogP contribution is -2.15. The summed E-state index contributed by atoms with van der Waals surface area (Å²) in [4.78, 5) is 16.2. The van der Waals surface area contributed by atoms with Gasteiger partial charge >= 0.3 is 0 Å². The van der Waals surface area contributed by atoms with Crippen molar-refractivity contribution in [1.29, 1.82) is 0 Å². The van der Waals surface area contributed by atoms with E-state index in [0.717, 1.165) is 11.4 Å². The Kier molecular flexibility index (Phi) is 4.40. The number of rotatable bonds is 4. The molecular weight excluding hydrogens is 252 g/mol. The van der Waals surface area contributed by atoms with E-state index in [1.54, 1.807) is 6.20 Å². The lowest BCUT2D eigenvalue weighted by atomic mass is 10.1. The molecule has 1 N–H and O–H groups in total. The van der Waals surface area contributed by atoms with Crippen molar-refractivity contribution in [3.63, 3.8) is 0 Å². The molecule has 0 spiro atoms. The van der Waals surface area contributed by atoms with Crippen LogP contribution in [0.5, 0.6) is 0 Å². The van der Waals surface area contributed by atoms with E-state index in [1.807, 2.05) is 31.2 Å². The van der Waals surface area contributed by atoms with Gasteiger partial charge in [-0.25, -0.2) is 0 Å². The van der Waals surface area contributed by atoms with Crippen molar-refractivity contribution < 1.29 is 4.79 Å². The molecular formula is C15H18N4O. The predicted octanol–water partition coefficient (Wildman–Crippen LogP) is 2.48. The van der Waals surface area contributed by atoms with Crippen LogP contribution in [0.3, 0.4) is 0 Å². The fourth-order valence-electron chi connectivity index (χ4n) is 1.71. The molecule has 2 aromatic rings. The van der Waals surface area contributed by atoms with Crippen molar-refractivity contribution in [3.05, 3.63) is 47.5 Å². The maximum atomic E-state index is 11.9. The van der Waals surface area contributed by atoms with Gasteiger partial charge in [0.05, 0.1) is 29.7 Å². The number of aromatic nitrogens is 3. The molecule has 1 amide bonds. The lowest BCUT2D eigenvalue weighted by Gasteiger charge is -2.07. The number of nitrogens with zero attached hydrogens (tertiary/aromatic N) is 3. The van der Waals surface area contributed by atoms with Gasteiger partial charge in [0.15, 0.2) is 0 Å². The predicted molar refractivity (Wildman–Crippen MR) is 77.4 cm³/mol. The molecule has 0 radical (unpaired) electrons. The summed E-state index contributed by atoms with van der Waals surface area (Å²) in [5.41, 5.74) is 3.19. The summed E-state index contributed by atoms with van der Waals surface area (Å²) in [5.74, 6) is 0.254. The van der Waals surface area contributed by atoms with Gasteiger partial charge in [0.2, 0.25) is 5.91 Å². The minimum Gasteiger partial charge on any atom is -0.324 e. The van der Waals surface area contributed by atoms with Crippen LogP contribution < -0.4 is 5.32 Å². The second-order valence-electron chi connectivity index (χ2n) is 5.02. The van der Waals surface area contributed by atoms with Crippen molar-refractivity contribution in [2.45, 2.75) is 33.1 Å². The number of pyridine rings is 1. The highest BCUT2D eigenvalue weighted by atomic mass is 16.1. The number of hydrogen-bond donors (Lipinski definition) is 1. The number of carbonyl (C=O) groups excluding carboxylic acids is 1.